The Bertz CT molecular complexity index is 1700. The van der Waals surface area contributed by atoms with Crippen LogP contribution in [-0.2, 0) is 9.47 Å². The molecular weight excluding hydrogens is 560 g/mol. The first-order valence-electron chi connectivity index (χ1n) is 12.3. The van der Waals surface area contributed by atoms with E-state index < -0.39 is 88.2 Å². The first kappa shape index (κ1) is 28.5. The summed E-state index contributed by atoms with van der Waals surface area (Å²) < 4.78 is 16.4. The number of phenols is 6. The number of rotatable bonds is 5. The second-order valence-corrected chi connectivity index (χ2v) is 9.58. The molecule has 5 unspecified atom stereocenters. The Morgan fingerprint density at radius 3 is 2.07 bits per heavy atom. The van der Waals surface area contributed by atoms with E-state index in [9.17, 15) is 55.5 Å². The molecule has 0 amide bonds. The Hall–Kier alpha value is -5.02. The van der Waals surface area contributed by atoms with E-state index >= 15 is 0 Å². The van der Waals surface area contributed by atoms with E-state index in [-0.39, 0.29) is 22.7 Å². The summed E-state index contributed by atoms with van der Waals surface area (Å²) in [5.74, 6) is -5.12. The number of phenolic OH excluding ortho intramolecular Hbond substituents is 6. The molecule has 1 aromatic heterocycles. The van der Waals surface area contributed by atoms with E-state index in [1.165, 1.54) is 24.3 Å². The summed E-state index contributed by atoms with van der Waals surface area (Å²) in [6, 6.07) is 9.35. The zero-order valence-electron chi connectivity index (χ0n) is 21.3. The van der Waals surface area contributed by atoms with Crippen LogP contribution in [0.1, 0.15) is 22.0 Å². The summed E-state index contributed by atoms with van der Waals surface area (Å²) >= 11 is 0. The lowest BCUT2D eigenvalue weighted by Crippen LogP contribution is -2.55. The van der Waals surface area contributed by atoms with Crippen LogP contribution in [0.2, 0.25) is 0 Å². The maximum atomic E-state index is 13.0. The molecule has 0 radical (unpaired) electrons. The zero-order chi connectivity index (χ0) is 30.5. The number of ether oxygens (including phenoxy) is 2. The van der Waals surface area contributed by atoms with Gasteiger partial charge in [0.2, 0.25) is 0 Å². The van der Waals surface area contributed by atoms with Crippen molar-refractivity contribution in [3.63, 3.8) is 0 Å². The van der Waals surface area contributed by atoms with Gasteiger partial charge in [0.05, 0.1) is 11.1 Å². The van der Waals surface area contributed by atoms with E-state index in [1.807, 2.05) is 0 Å². The lowest BCUT2D eigenvalue weighted by molar-refractivity contribution is -0.232. The first-order chi connectivity index (χ1) is 19.9. The van der Waals surface area contributed by atoms with Gasteiger partial charge in [-0.1, -0.05) is 0 Å². The number of aliphatic hydroxyl groups is 3. The summed E-state index contributed by atoms with van der Waals surface area (Å²) in [6.07, 6.45) is -8.98. The number of carbonyl (C=O) groups is 1. The van der Waals surface area contributed by atoms with Crippen LogP contribution in [0, 0.1) is 0 Å². The predicted octanol–water partition coefficient (Wildman–Crippen LogP) is 1.07. The van der Waals surface area contributed by atoms with E-state index in [1.54, 1.807) is 0 Å². The molecule has 1 aliphatic heterocycles. The van der Waals surface area contributed by atoms with Gasteiger partial charge in [0.1, 0.15) is 71.1 Å². The Kier molecular flexibility index (Phi) is 7.30. The number of hydrogen-bond acceptors (Lipinski definition) is 14. The molecule has 14 nitrogen and oxygen atoms in total. The number of carbonyl (C=O) groups excluding carboxylic acids is 1. The SMILES string of the molecule is O=C(OCC1OC(c2c(O)cc3oc(-c4ccc(O)cc4)cc(=O)c3c2O)C(O)C(O)C1O)c1cc(O)c(O)c(O)c1. The summed E-state index contributed by atoms with van der Waals surface area (Å²) in [6.45, 7) is -0.754. The van der Waals surface area contributed by atoms with Gasteiger partial charge in [-0.05, 0) is 36.4 Å². The highest BCUT2D eigenvalue weighted by molar-refractivity contribution is 5.91. The number of aromatic hydroxyl groups is 6. The summed E-state index contributed by atoms with van der Waals surface area (Å²) in [5.41, 5.74) is -1.46. The average Bonchev–Trinajstić information content (AvgIpc) is 2.94. The van der Waals surface area contributed by atoms with E-state index in [2.05, 4.69) is 0 Å². The van der Waals surface area contributed by atoms with Crippen molar-refractivity contribution in [1.29, 1.82) is 0 Å². The van der Waals surface area contributed by atoms with Gasteiger partial charge in [0, 0.05) is 17.7 Å². The Morgan fingerprint density at radius 2 is 1.43 bits per heavy atom. The maximum absolute atomic E-state index is 13.0. The van der Waals surface area contributed by atoms with Gasteiger partial charge < -0.3 is 59.8 Å². The molecule has 2 heterocycles. The van der Waals surface area contributed by atoms with Crippen molar-refractivity contribution in [2.24, 2.45) is 0 Å². The molecule has 14 heteroatoms. The van der Waals surface area contributed by atoms with Crippen LogP contribution in [0.4, 0.5) is 0 Å². The van der Waals surface area contributed by atoms with Crippen LogP contribution >= 0.6 is 0 Å². The minimum Gasteiger partial charge on any atom is -0.508 e. The first-order valence-corrected chi connectivity index (χ1v) is 12.3. The largest absolute Gasteiger partial charge is 0.508 e. The van der Waals surface area contributed by atoms with Crippen molar-refractivity contribution >= 4 is 16.9 Å². The van der Waals surface area contributed by atoms with Crippen LogP contribution in [-0.4, -0.2) is 83.0 Å². The Labute approximate surface area is 234 Å². The van der Waals surface area contributed by atoms with Crippen molar-refractivity contribution in [2.75, 3.05) is 6.61 Å². The van der Waals surface area contributed by atoms with Crippen molar-refractivity contribution < 1.29 is 64.6 Å². The fourth-order valence-corrected chi connectivity index (χ4v) is 4.64. The monoisotopic (exact) mass is 584 g/mol. The van der Waals surface area contributed by atoms with Gasteiger partial charge >= 0.3 is 5.97 Å². The van der Waals surface area contributed by atoms with Crippen LogP contribution in [0.25, 0.3) is 22.3 Å². The highest BCUT2D eigenvalue weighted by Crippen LogP contribution is 2.45. The third kappa shape index (κ3) is 4.99. The van der Waals surface area contributed by atoms with Gasteiger partial charge in [0.25, 0.3) is 0 Å². The molecule has 5 atom stereocenters. The zero-order valence-corrected chi connectivity index (χ0v) is 21.3. The molecule has 1 aliphatic rings. The third-order valence-electron chi connectivity index (χ3n) is 6.84. The Morgan fingerprint density at radius 1 is 0.786 bits per heavy atom. The molecule has 0 saturated carbocycles. The Balaban J connectivity index is 1.45. The van der Waals surface area contributed by atoms with Gasteiger partial charge in [0.15, 0.2) is 22.7 Å². The number of fused-ring (bicyclic) bond motifs is 1. The average molecular weight is 584 g/mol. The van der Waals surface area contributed by atoms with E-state index in [0.29, 0.717) is 5.56 Å². The number of hydrogen-bond donors (Lipinski definition) is 9. The van der Waals surface area contributed by atoms with Crippen molar-refractivity contribution in [3.8, 4) is 45.8 Å². The van der Waals surface area contributed by atoms with Gasteiger partial charge in [-0.15, -0.1) is 0 Å². The highest BCUT2D eigenvalue weighted by Gasteiger charge is 2.46. The summed E-state index contributed by atoms with van der Waals surface area (Å²) in [4.78, 5) is 25.4. The fraction of sp³-hybridized carbons (Fsp3) is 0.214. The van der Waals surface area contributed by atoms with Gasteiger partial charge in [-0.25, -0.2) is 4.79 Å². The molecule has 9 N–H and O–H groups in total. The molecular formula is C28H24O14. The standard InChI is InChI=1S/C28H24O14/c29-12-3-1-10(2-4-12)17-7-13(30)20-18(41-17)8-14(31)21(24(20)36)27-26(38)25(37)23(35)19(42-27)9-40-28(39)11-5-15(32)22(34)16(33)6-11/h1-8,19,23,25-27,29,31-38H,9H2. The van der Waals surface area contributed by atoms with Crippen LogP contribution in [0.3, 0.4) is 0 Å². The lowest BCUT2D eigenvalue weighted by atomic mass is 9.89. The molecule has 0 bridgehead atoms. The molecule has 42 heavy (non-hydrogen) atoms. The third-order valence-corrected chi connectivity index (χ3v) is 6.84. The molecule has 1 saturated heterocycles. The predicted molar refractivity (Wildman–Crippen MR) is 140 cm³/mol. The smallest absolute Gasteiger partial charge is 0.338 e. The number of esters is 1. The van der Waals surface area contributed by atoms with Crippen molar-refractivity contribution in [1.82, 2.24) is 0 Å². The number of aliphatic hydroxyl groups excluding tert-OH is 3. The topological polar surface area (TPSA) is 248 Å². The second kappa shape index (κ2) is 10.8. The molecule has 5 rings (SSSR count). The maximum Gasteiger partial charge on any atom is 0.338 e. The second-order valence-electron chi connectivity index (χ2n) is 9.58. The summed E-state index contributed by atoms with van der Waals surface area (Å²) in [7, 11) is 0. The van der Waals surface area contributed by atoms with E-state index in [4.69, 9.17) is 13.9 Å². The number of benzene rings is 3. The quantitative estimate of drug-likeness (QED) is 0.118. The molecule has 0 spiro atoms. The molecule has 3 aromatic carbocycles. The lowest BCUT2D eigenvalue weighted by Gasteiger charge is -2.40. The minimum atomic E-state index is -1.93. The highest BCUT2D eigenvalue weighted by atomic mass is 16.6. The van der Waals surface area contributed by atoms with Crippen LogP contribution in [0.5, 0.6) is 34.5 Å². The summed E-state index contributed by atoms with van der Waals surface area (Å²) in [5, 5.41) is 91.2. The van der Waals surface area contributed by atoms with Crippen molar-refractivity contribution in [3.05, 3.63) is 69.9 Å². The van der Waals surface area contributed by atoms with Crippen molar-refractivity contribution in [2.45, 2.75) is 30.5 Å². The van der Waals surface area contributed by atoms with E-state index in [0.717, 1.165) is 24.3 Å². The molecule has 0 aliphatic carbocycles. The minimum absolute atomic E-state index is 0.0211. The van der Waals surface area contributed by atoms with Gasteiger partial charge in [-0.3, -0.25) is 4.79 Å². The van der Waals surface area contributed by atoms with Crippen LogP contribution < -0.4 is 5.43 Å². The fourth-order valence-electron chi connectivity index (χ4n) is 4.64. The molecule has 220 valence electrons. The normalized spacial score (nSPS) is 22.2. The molecule has 4 aromatic rings. The van der Waals surface area contributed by atoms with Gasteiger partial charge in [-0.2, -0.15) is 0 Å². The molecule has 1 fully saturated rings. The van der Waals surface area contributed by atoms with Crippen LogP contribution in [0.15, 0.2) is 57.7 Å².